The van der Waals surface area contributed by atoms with Crippen LogP contribution in [-0.4, -0.2) is 174 Å². The number of carbonyl (C=O) groups excluding carboxylic acids is 4. The number of ketones is 2. The largest absolute Gasteiger partial charge is 1.00 e. The van der Waals surface area contributed by atoms with Gasteiger partial charge in [0, 0.05) is 179 Å². The summed E-state index contributed by atoms with van der Waals surface area (Å²) >= 11 is 3.25. The fourth-order valence-electron chi connectivity index (χ4n) is 18.8. The SMILES string of the molecule is C=C(C)C(=O)CCCCCCc1c2ccccc2c(CNCCCNC(=O)C(=C)C)c2ccc(-c3c4ccc(=[N+](C)C)cc-4oc4cc(N(C)C)ccc34)cc12.C=C(C)C(=O)CCCCN(Cc1ccccc1B(O)O)Cc1c2ccccc2c(CN(CCCNC(=O)C(=C)C)Cc2ccccc2B(O)O)c2ccc(-c3c4ccc(=[N+](C)C)cc-4oc4cc(N(C)C)ccc34)cc12.OB(O)c1ccccc1CBr.[Cl-].[Cl-]. The molecule has 11 aromatic carbocycles. The summed E-state index contributed by atoms with van der Waals surface area (Å²) in [6.45, 7) is 27.7. The third-order valence-electron chi connectivity index (χ3n) is 26.7. The quantitative estimate of drug-likeness (QED) is 0.00430. The zero-order valence-electron chi connectivity index (χ0n) is 85.5. The van der Waals surface area contributed by atoms with Crippen molar-refractivity contribution in [3.8, 4) is 44.9 Å². The summed E-state index contributed by atoms with van der Waals surface area (Å²) in [5.41, 5.74) is 21.0. The lowest BCUT2D eigenvalue weighted by atomic mass is 9.77. The molecule has 21 nitrogen and oxygen atoms in total. The molecule has 0 atom stereocenters. The van der Waals surface area contributed by atoms with Crippen LogP contribution in [0.25, 0.3) is 110 Å². The lowest BCUT2D eigenvalue weighted by Crippen LogP contribution is -3.00. The van der Waals surface area contributed by atoms with E-state index in [2.05, 4.69) is 273 Å². The highest BCUT2D eigenvalue weighted by Gasteiger charge is 2.29. The van der Waals surface area contributed by atoms with Gasteiger partial charge in [-0.2, -0.15) is 0 Å². The molecule has 2 amide bonds. The van der Waals surface area contributed by atoms with Crippen molar-refractivity contribution in [3.63, 3.8) is 0 Å². The number of halogens is 3. The molecule has 0 radical (unpaired) electrons. The van der Waals surface area contributed by atoms with E-state index >= 15 is 0 Å². The van der Waals surface area contributed by atoms with Crippen LogP contribution in [0.2, 0.25) is 0 Å². The monoisotopic (exact) mass is 2050 g/mol. The van der Waals surface area contributed by atoms with Crippen molar-refractivity contribution in [1.29, 1.82) is 0 Å². The second kappa shape index (κ2) is 53.1. The maximum Gasteiger partial charge on any atom is 0.488 e. The van der Waals surface area contributed by atoms with E-state index in [9.17, 15) is 39.3 Å². The Kier molecular flexibility index (Phi) is 41.3. The fourth-order valence-corrected chi connectivity index (χ4v) is 19.4. The fraction of sp³-hybridized carbons (Fsp3) is 0.288. The van der Waals surface area contributed by atoms with Crippen molar-refractivity contribution in [2.45, 2.75) is 136 Å². The predicted molar refractivity (Wildman–Crippen MR) is 596 cm³/mol. The van der Waals surface area contributed by atoms with Gasteiger partial charge in [0.25, 0.3) is 0 Å². The van der Waals surface area contributed by atoms with Crippen LogP contribution in [0.3, 0.4) is 0 Å². The molecule has 0 unspecified atom stereocenters. The summed E-state index contributed by atoms with van der Waals surface area (Å²) in [6, 6.07) is 78.8. The van der Waals surface area contributed by atoms with Crippen LogP contribution in [0.1, 0.15) is 131 Å². The first-order chi connectivity index (χ1) is 68.7. The van der Waals surface area contributed by atoms with Crippen molar-refractivity contribution < 1.29 is 83.0 Å². The summed E-state index contributed by atoms with van der Waals surface area (Å²) in [7, 11) is 11.6. The van der Waals surface area contributed by atoms with Gasteiger partial charge in [-0.05, 0) is 255 Å². The molecule has 2 aliphatic carbocycles. The Balaban J connectivity index is 0.000000255. The number of Topliss-reactive ketones (excluding diaryl/α,β-unsaturated/α-hetero) is 2. The van der Waals surface area contributed by atoms with E-state index in [0.717, 1.165) is 190 Å². The summed E-state index contributed by atoms with van der Waals surface area (Å²) in [5.74, 6) is 1.53. The first kappa shape index (κ1) is 113. The van der Waals surface area contributed by atoms with Gasteiger partial charge in [0.2, 0.25) is 22.5 Å². The number of hydrogen-bond acceptors (Lipinski definition) is 17. The highest BCUT2D eigenvalue weighted by atomic mass is 79.9. The molecule has 27 heteroatoms. The second-order valence-electron chi connectivity index (χ2n) is 38.3. The molecule has 4 aliphatic rings. The van der Waals surface area contributed by atoms with Crippen molar-refractivity contribution in [2.24, 2.45) is 0 Å². The smallest absolute Gasteiger partial charge is 0.488 e. The maximum atomic E-state index is 12.7. The summed E-state index contributed by atoms with van der Waals surface area (Å²) in [6.07, 6.45) is 8.76. The summed E-state index contributed by atoms with van der Waals surface area (Å²) in [5, 5.41) is 83.6. The summed E-state index contributed by atoms with van der Waals surface area (Å²) < 4.78 is 17.6. The van der Waals surface area contributed by atoms with E-state index in [1.807, 2.05) is 70.7 Å². The molecule has 0 aromatic heterocycles. The number of nitrogens with one attached hydrogen (secondary N) is 3. The molecule has 0 bridgehead atoms. The minimum Gasteiger partial charge on any atom is -1.00 e. The van der Waals surface area contributed by atoms with Gasteiger partial charge in [-0.1, -0.05) is 201 Å². The molecule has 0 fully saturated rings. The predicted octanol–water partition coefficient (Wildman–Crippen LogP) is 11.1. The Hall–Kier alpha value is -12.4. The van der Waals surface area contributed by atoms with Gasteiger partial charge in [0.05, 0.1) is 12.1 Å². The van der Waals surface area contributed by atoms with E-state index in [0.29, 0.717) is 129 Å². The zero-order valence-corrected chi connectivity index (χ0v) is 88.6. The Labute approximate surface area is 874 Å². The second-order valence-corrected chi connectivity index (χ2v) is 38.8. The molecule has 2 aliphatic heterocycles. The van der Waals surface area contributed by atoms with Crippen LogP contribution in [0.15, 0.2) is 288 Å². The third kappa shape index (κ3) is 28.5. The molecule has 2 heterocycles. The Morgan fingerprint density at radius 3 is 1.17 bits per heavy atom. The van der Waals surface area contributed by atoms with E-state index in [1.165, 1.54) is 32.7 Å². The van der Waals surface area contributed by atoms with Crippen LogP contribution in [0.4, 0.5) is 11.4 Å². The van der Waals surface area contributed by atoms with Gasteiger partial charge in [-0.3, -0.25) is 29.0 Å². The average Bonchev–Trinajstić information content (AvgIpc) is 0.732. The van der Waals surface area contributed by atoms with Gasteiger partial charge in [0.15, 0.2) is 11.6 Å². The van der Waals surface area contributed by atoms with Crippen LogP contribution in [-0.2, 0) is 63.7 Å². The highest BCUT2D eigenvalue weighted by molar-refractivity contribution is 9.08. The molecule has 0 saturated heterocycles. The zero-order chi connectivity index (χ0) is 102. The number of carbonyl (C=O) groups is 4. The standard InChI is InChI=1S/C62H69B2N5O7.C49H56N4O3.C7H8BBrO2.2ClH/c1-41(2)58(70)24-15-16-32-68(37-44-18-9-13-22-56(44)63(72)73)40-55-49-21-12-11-20-48(49)54(39-69(33-17-31-65-62(71)42(3)4)38-45-19-10-14-23-57(45)64(74)75)50-28-25-43(34-53(50)55)61-51-29-26-46(66(5)6)35-59(51)76-60-36-47(67(7)8)27-30-52(60)61;1-32(2)45(54)19-12-10-9-11-16-38-37-17-13-14-18-39(37)44(31-50-26-15-27-51-49(55)33(3)4)40-23-20-34(28-43(38)40)48-41-24-21-35(52(5)6)29-46(41)56-47-30-36(53(7)8)22-25-42(47)48;9-5-6-3-1-2-4-7(6)8(10)11;;/h9-14,18-23,25-30,34-36,72-75H,1,3,15-17,24,31-33,37-40H2,2,4-8H3;13-14,17-18,20-25,28-30,50H,1,3,9-12,15-16,19,26-27,31H2,2,4-8H3;1-4,10-11H,5H2;2*1H. The molecule has 754 valence electrons. The van der Waals surface area contributed by atoms with Crippen LogP contribution >= 0.6 is 15.9 Å². The lowest BCUT2D eigenvalue weighted by molar-refractivity contribution is -0.118. The first-order valence-electron chi connectivity index (χ1n) is 49.3. The van der Waals surface area contributed by atoms with Gasteiger partial charge in [-0.15, -0.1) is 0 Å². The van der Waals surface area contributed by atoms with Gasteiger partial charge in [-0.25, -0.2) is 9.15 Å². The number of aryl methyl sites for hydroxylation is 1. The number of unbranched alkanes of at least 4 members (excludes halogenated alkanes) is 4. The third-order valence-corrected chi connectivity index (χ3v) is 27.3. The molecular weight excluding hydrogens is 1920 g/mol. The summed E-state index contributed by atoms with van der Waals surface area (Å²) in [4.78, 5) is 58.3. The number of alkyl halides is 1. The van der Waals surface area contributed by atoms with Gasteiger partial charge >= 0.3 is 21.4 Å². The topological polar surface area (TPSA) is 271 Å². The average molecular weight is 2050 g/mol. The van der Waals surface area contributed by atoms with E-state index < -0.39 is 21.4 Å². The normalized spacial score (nSPS) is 11.2. The van der Waals surface area contributed by atoms with Crippen LogP contribution < -0.4 is 86.8 Å². The molecule has 9 N–H and O–H groups in total. The van der Waals surface area contributed by atoms with Crippen molar-refractivity contribution >= 4 is 153 Å². The number of allylic oxidation sites excluding steroid dienone is 2. The highest BCUT2D eigenvalue weighted by Crippen LogP contribution is 2.47. The maximum absolute atomic E-state index is 12.7. The number of fused-ring (bicyclic) bond motifs is 8. The Bertz CT molecular complexity index is 7320. The molecule has 11 aromatic rings. The van der Waals surface area contributed by atoms with Crippen molar-refractivity contribution in [1.82, 2.24) is 34.9 Å². The van der Waals surface area contributed by atoms with E-state index in [-0.39, 0.29) is 48.2 Å². The van der Waals surface area contributed by atoms with Gasteiger partial charge < -0.3 is 89.5 Å². The van der Waals surface area contributed by atoms with Crippen molar-refractivity contribution in [2.75, 3.05) is 98.9 Å². The minimum atomic E-state index is -1.66. The molecule has 0 spiro atoms. The van der Waals surface area contributed by atoms with Crippen LogP contribution in [0.5, 0.6) is 0 Å². The number of nitrogens with zero attached hydrogens (tertiary/aromatic N) is 6. The minimum absolute atomic E-state index is 0. The lowest BCUT2D eigenvalue weighted by Gasteiger charge is -2.29. The number of hydrogen-bond donors (Lipinski definition) is 9. The molecule has 15 rings (SSSR count). The van der Waals surface area contributed by atoms with E-state index in [1.54, 1.807) is 58.0 Å². The number of benzene rings is 13. The molecular formula is C118H135B3BrCl2N9O12. The first-order valence-corrected chi connectivity index (χ1v) is 50.4. The van der Waals surface area contributed by atoms with E-state index in [4.69, 9.17) is 18.9 Å². The van der Waals surface area contributed by atoms with Crippen LogP contribution in [0, 0.1) is 0 Å². The van der Waals surface area contributed by atoms with Gasteiger partial charge in [0.1, 0.15) is 50.9 Å². The molecule has 0 saturated carbocycles. The number of amides is 2. The van der Waals surface area contributed by atoms with Crippen molar-refractivity contribution in [3.05, 3.63) is 329 Å². The Morgan fingerprint density at radius 2 is 0.745 bits per heavy atom. The molecule has 145 heavy (non-hydrogen) atoms. The number of anilines is 2. The Morgan fingerprint density at radius 1 is 0.372 bits per heavy atom. The number of rotatable bonds is 42.